The second-order valence-electron chi connectivity index (χ2n) is 10.7. The standard InChI is InChI=1S/C29H42N6O4S/c1-22-20-32-28(34-23-9-11-25(12-10-23)39-18-15-31-14-17-38-16-13-30-5)35-27(22)33-24-7-6-8-26(19-24)40(36,37)21-29(2,3)4/h6-12,19-20,30-31H,13-18,21H2,1-5H3,(H2,32,33,34,35). The number of aryl methyl sites for hydroxylation is 1. The molecule has 3 aromatic rings. The van der Waals surface area contributed by atoms with Crippen LogP contribution in [0, 0.1) is 12.3 Å². The van der Waals surface area contributed by atoms with Crippen LogP contribution < -0.4 is 26.0 Å². The summed E-state index contributed by atoms with van der Waals surface area (Å²) in [5.41, 5.74) is 1.94. The fourth-order valence-corrected chi connectivity index (χ4v) is 5.64. The van der Waals surface area contributed by atoms with E-state index in [0.29, 0.717) is 37.3 Å². The summed E-state index contributed by atoms with van der Waals surface area (Å²) < 4.78 is 37.0. The van der Waals surface area contributed by atoms with Gasteiger partial charge in [0, 0.05) is 42.8 Å². The van der Waals surface area contributed by atoms with Crippen molar-refractivity contribution in [2.45, 2.75) is 32.6 Å². The van der Waals surface area contributed by atoms with E-state index in [4.69, 9.17) is 9.47 Å². The third kappa shape index (κ3) is 10.7. The first kappa shape index (κ1) is 31.3. The van der Waals surface area contributed by atoms with Gasteiger partial charge in [-0.15, -0.1) is 0 Å². The Hall–Kier alpha value is -3.25. The molecule has 0 unspecified atom stereocenters. The lowest BCUT2D eigenvalue weighted by Crippen LogP contribution is -2.26. The summed E-state index contributed by atoms with van der Waals surface area (Å²) in [6.45, 7) is 11.9. The maximum atomic E-state index is 12.9. The average molecular weight is 571 g/mol. The highest BCUT2D eigenvalue weighted by Crippen LogP contribution is 2.26. The average Bonchev–Trinajstić information content (AvgIpc) is 2.89. The van der Waals surface area contributed by atoms with Crippen LogP contribution in [0.3, 0.4) is 0 Å². The topological polar surface area (TPSA) is 126 Å². The number of hydrogen-bond acceptors (Lipinski definition) is 10. The summed E-state index contributed by atoms with van der Waals surface area (Å²) in [7, 11) is -1.51. The Morgan fingerprint density at radius 1 is 0.900 bits per heavy atom. The van der Waals surface area contributed by atoms with Crippen LogP contribution >= 0.6 is 0 Å². The lowest BCUT2D eigenvalue weighted by atomic mass is 10.0. The Labute approximate surface area is 238 Å². The number of hydrogen-bond donors (Lipinski definition) is 4. The van der Waals surface area contributed by atoms with Gasteiger partial charge in [0.1, 0.15) is 18.2 Å². The van der Waals surface area contributed by atoms with Crippen molar-refractivity contribution in [2.75, 3.05) is 62.9 Å². The van der Waals surface area contributed by atoms with E-state index < -0.39 is 9.84 Å². The van der Waals surface area contributed by atoms with Gasteiger partial charge >= 0.3 is 0 Å². The lowest BCUT2D eigenvalue weighted by molar-refractivity contribution is 0.138. The third-order valence-electron chi connectivity index (χ3n) is 5.63. The van der Waals surface area contributed by atoms with Crippen molar-refractivity contribution in [3.63, 3.8) is 0 Å². The van der Waals surface area contributed by atoms with Gasteiger partial charge < -0.3 is 30.7 Å². The molecule has 0 bridgehead atoms. The molecule has 11 heteroatoms. The van der Waals surface area contributed by atoms with Gasteiger partial charge in [0.25, 0.3) is 0 Å². The summed E-state index contributed by atoms with van der Waals surface area (Å²) in [5.74, 6) is 1.84. The van der Waals surface area contributed by atoms with Crippen LogP contribution in [-0.2, 0) is 14.6 Å². The van der Waals surface area contributed by atoms with E-state index in [-0.39, 0.29) is 16.1 Å². The van der Waals surface area contributed by atoms with E-state index >= 15 is 0 Å². The molecular weight excluding hydrogens is 528 g/mol. The first-order chi connectivity index (χ1) is 19.1. The minimum atomic E-state index is -3.42. The third-order valence-corrected chi connectivity index (χ3v) is 7.85. The fourth-order valence-electron chi connectivity index (χ4n) is 3.74. The van der Waals surface area contributed by atoms with Gasteiger partial charge in [-0.1, -0.05) is 26.8 Å². The first-order valence-electron chi connectivity index (χ1n) is 13.4. The Morgan fingerprint density at radius 2 is 1.62 bits per heavy atom. The van der Waals surface area contributed by atoms with E-state index in [1.807, 2.05) is 65.1 Å². The number of sulfone groups is 1. The van der Waals surface area contributed by atoms with Crippen LogP contribution in [0.2, 0.25) is 0 Å². The predicted octanol–water partition coefficient (Wildman–Crippen LogP) is 4.30. The number of nitrogens with one attached hydrogen (secondary N) is 4. The van der Waals surface area contributed by atoms with Gasteiger partial charge in [0.05, 0.1) is 23.9 Å². The van der Waals surface area contributed by atoms with E-state index in [1.165, 1.54) is 0 Å². The van der Waals surface area contributed by atoms with E-state index in [0.717, 1.165) is 36.6 Å². The SMILES string of the molecule is CNCCOCCNCCOc1ccc(Nc2ncc(C)c(Nc3cccc(S(=O)(=O)CC(C)(C)C)c3)n2)cc1. The zero-order valence-electron chi connectivity index (χ0n) is 24.1. The summed E-state index contributed by atoms with van der Waals surface area (Å²) in [5, 5.41) is 12.8. The van der Waals surface area contributed by atoms with Gasteiger partial charge in [-0.25, -0.2) is 13.4 Å². The van der Waals surface area contributed by atoms with Crippen molar-refractivity contribution in [2.24, 2.45) is 5.41 Å². The minimum Gasteiger partial charge on any atom is -0.492 e. The molecule has 0 amide bonds. The highest BCUT2D eigenvalue weighted by Gasteiger charge is 2.23. The maximum Gasteiger partial charge on any atom is 0.229 e. The Kier molecular flexibility index (Phi) is 11.7. The van der Waals surface area contributed by atoms with Crippen molar-refractivity contribution in [1.29, 1.82) is 0 Å². The molecule has 40 heavy (non-hydrogen) atoms. The van der Waals surface area contributed by atoms with Crippen LogP contribution in [0.25, 0.3) is 0 Å². The van der Waals surface area contributed by atoms with E-state index in [1.54, 1.807) is 24.4 Å². The summed E-state index contributed by atoms with van der Waals surface area (Å²) in [4.78, 5) is 9.27. The van der Waals surface area contributed by atoms with Crippen LogP contribution in [0.5, 0.6) is 5.75 Å². The molecule has 1 aromatic heterocycles. The molecular formula is C29H42N6O4S. The minimum absolute atomic E-state index is 0.0671. The van der Waals surface area contributed by atoms with Crippen molar-refractivity contribution >= 4 is 33.0 Å². The second kappa shape index (κ2) is 14.9. The molecule has 0 aliphatic heterocycles. The Morgan fingerprint density at radius 3 is 2.35 bits per heavy atom. The van der Waals surface area contributed by atoms with Crippen molar-refractivity contribution in [3.05, 3.63) is 60.3 Å². The normalized spacial score (nSPS) is 11.8. The van der Waals surface area contributed by atoms with E-state index in [2.05, 4.69) is 31.2 Å². The van der Waals surface area contributed by atoms with E-state index in [9.17, 15) is 8.42 Å². The second-order valence-corrected chi connectivity index (χ2v) is 12.7. The number of aromatic nitrogens is 2. The molecule has 0 aliphatic carbocycles. The first-order valence-corrected chi connectivity index (χ1v) is 15.1. The molecule has 3 rings (SSSR count). The monoisotopic (exact) mass is 570 g/mol. The zero-order valence-corrected chi connectivity index (χ0v) is 24.9. The molecule has 10 nitrogen and oxygen atoms in total. The number of likely N-dealkylation sites (N-methyl/N-ethyl adjacent to an activating group) is 1. The number of anilines is 4. The molecule has 0 spiro atoms. The fraction of sp³-hybridized carbons (Fsp3) is 0.448. The summed E-state index contributed by atoms with van der Waals surface area (Å²) in [6, 6.07) is 14.4. The predicted molar refractivity (Wildman–Crippen MR) is 161 cm³/mol. The van der Waals surface area contributed by atoms with Crippen molar-refractivity contribution in [1.82, 2.24) is 20.6 Å². The lowest BCUT2D eigenvalue weighted by Gasteiger charge is -2.18. The number of ether oxygens (including phenoxy) is 2. The van der Waals surface area contributed by atoms with Gasteiger partial charge in [0.15, 0.2) is 9.84 Å². The van der Waals surface area contributed by atoms with Crippen molar-refractivity contribution in [3.8, 4) is 5.75 Å². The Balaban J connectivity index is 1.54. The van der Waals surface area contributed by atoms with Gasteiger partial charge in [-0.05, 0) is 61.9 Å². The number of benzene rings is 2. The molecule has 2 aromatic carbocycles. The molecule has 0 aliphatic rings. The molecule has 0 radical (unpaired) electrons. The van der Waals surface area contributed by atoms with Crippen LogP contribution in [0.4, 0.5) is 23.1 Å². The summed E-state index contributed by atoms with van der Waals surface area (Å²) >= 11 is 0. The van der Waals surface area contributed by atoms with Gasteiger partial charge in [-0.2, -0.15) is 4.98 Å². The molecule has 0 atom stereocenters. The smallest absolute Gasteiger partial charge is 0.229 e. The van der Waals surface area contributed by atoms with Crippen LogP contribution in [0.1, 0.15) is 26.3 Å². The molecule has 218 valence electrons. The summed E-state index contributed by atoms with van der Waals surface area (Å²) in [6.07, 6.45) is 1.72. The van der Waals surface area contributed by atoms with Crippen LogP contribution in [-0.4, -0.2) is 70.6 Å². The molecule has 0 saturated heterocycles. The quantitative estimate of drug-likeness (QED) is 0.185. The molecule has 0 saturated carbocycles. The van der Waals surface area contributed by atoms with Gasteiger partial charge in [0.2, 0.25) is 5.95 Å². The molecule has 4 N–H and O–H groups in total. The van der Waals surface area contributed by atoms with Gasteiger partial charge in [-0.3, -0.25) is 0 Å². The molecule has 0 fully saturated rings. The largest absolute Gasteiger partial charge is 0.492 e. The number of rotatable bonds is 16. The zero-order chi connectivity index (χ0) is 29.0. The Bertz CT molecular complexity index is 1310. The van der Waals surface area contributed by atoms with Crippen molar-refractivity contribution < 1.29 is 17.9 Å². The highest BCUT2D eigenvalue weighted by molar-refractivity contribution is 7.91. The maximum absolute atomic E-state index is 12.9. The van der Waals surface area contributed by atoms with Crippen LogP contribution in [0.15, 0.2) is 59.6 Å². The number of nitrogens with zero attached hydrogens (tertiary/aromatic N) is 2. The molecule has 1 heterocycles. The highest BCUT2D eigenvalue weighted by atomic mass is 32.2.